The van der Waals surface area contributed by atoms with E-state index in [0.717, 1.165) is 65.0 Å². The van der Waals surface area contributed by atoms with Crippen LogP contribution >= 0.6 is 0 Å². The lowest BCUT2D eigenvalue weighted by Crippen LogP contribution is -2.25. The van der Waals surface area contributed by atoms with Gasteiger partial charge in [-0.2, -0.15) is 0 Å². The van der Waals surface area contributed by atoms with Gasteiger partial charge in [0.25, 0.3) is 0 Å². The molecule has 0 heterocycles. The molecule has 32 heavy (non-hydrogen) atoms. The maximum atomic E-state index is 15.2. The number of rotatable bonds is 11. The van der Waals surface area contributed by atoms with Crippen molar-refractivity contribution in [3.8, 4) is 11.1 Å². The summed E-state index contributed by atoms with van der Waals surface area (Å²) in [4.78, 5) is 6.91. The highest BCUT2D eigenvalue weighted by Gasteiger charge is 2.14. The highest BCUT2D eigenvalue weighted by atomic mass is 19.1. The fourth-order valence-electron chi connectivity index (χ4n) is 3.92. The van der Waals surface area contributed by atoms with Gasteiger partial charge in [-0.3, -0.25) is 9.89 Å². The van der Waals surface area contributed by atoms with E-state index in [-0.39, 0.29) is 5.82 Å². The van der Waals surface area contributed by atoms with Crippen molar-refractivity contribution in [2.24, 2.45) is 4.99 Å². The fraction of sp³-hybridized carbons (Fsp3) is 0.357. The number of hydrogen-bond donors (Lipinski definition) is 1. The van der Waals surface area contributed by atoms with E-state index in [9.17, 15) is 0 Å². The first-order valence-corrected chi connectivity index (χ1v) is 11.4. The summed E-state index contributed by atoms with van der Waals surface area (Å²) in [5, 5.41) is 7.45. The first-order chi connectivity index (χ1) is 15.4. The topological polar surface area (TPSA) is 39.5 Å². The number of nitrogens with one attached hydrogen (secondary N) is 1. The quantitative estimate of drug-likeness (QED) is 0.288. The number of benzene rings is 2. The predicted octanol–water partition coefficient (Wildman–Crippen LogP) is 7.59. The van der Waals surface area contributed by atoms with Gasteiger partial charge >= 0.3 is 0 Å². The summed E-state index contributed by atoms with van der Waals surface area (Å²) < 4.78 is 15.2. The smallest absolute Gasteiger partial charge is 0.128 e. The lowest BCUT2D eigenvalue weighted by atomic mass is 9.95. The number of aliphatic imine (C=N–C) groups is 1. The van der Waals surface area contributed by atoms with Gasteiger partial charge in [0, 0.05) is 24.5 Å². The molecular formula is C28H36FN3. The van der Waals surface area contributed by atoms with Crippen LogP contribution in [0.3, 0.4) is 0 Å². The Labute approximate surface area is 192 Å². The van der Waals surface area contributed by atoms with Crippen LogP contribution in [0.5, 0.6) is 0 Å². The van der Waals surface area contributed by atoms with Crippen molar-refractivity contribution in [1.82, 2.24) is 4.90 Å². The van der Waals surface area contributed by atoms with E-state index in [1.807, 2.05) is 45.0 Å². The molecular weight excluding hydrogens is 397 g/mol. The molecule has 0 saturated heterocycles. The Morgan fingerprint density at radius 1 is 1.16 bits per heavy atom. The van der Waals surface area contributed by atoms with E-state index in [4.69, 9.17) is 5.41 Å². The van der Waals surface area contributed by atoms with Crippen LogP contribution in [0.15, 0.2) is 59.1 Å². The normalized spacial score (nSPS) is 12.0. The molecule has 0 saturated carbocycles. The maximum Gasteiger partial charge on any atom is 0.128 e. The third-order valence-electron chi connectivity index (χ3n) is 5.69. The summed E-state index contributed by atoms with van der Waals surface area (Å²) in [6.45, 7) is 16.8. The summed E-state index contributed by atoms with van der Waals surface area (Å²) in [5.41, 5.74) is 6.80. The lowest BCUT2D eigenvalue weighted by molar-refractivity contribution is 0.262. The van der Waals surface area contributed by atoms with E-state index < -0.39 is 0 Å². The zero-order valence-corrected chi connectivity index (χ0v) is 20.1. The third-order valence-corrected chi connectivity index (χ3v) is 5.69. The highest BCUT2D eigenvalue weighted by Crippen LogP contribution is 2.32. The Hall–Kier alpha value is -2.85. The molecule has 0 aliphatic rings. The van der Waals surface area contributed by atoms with Crippen molar-refractivity contribution in [3.05, 3.63) is 76.6 Å². The van der Waals surface area contributed by atoms with Crippen LogP contribution in [0.4, 0.5) is 10.1 Å². The van der Waals surface area contributed by atoms with Gasteiger partial charge in [0.15, 0.2) is 0 Å². The molecule has 0 aromatic heterocycles. The summed E-state index contributed by atoms with van der Waals surface area (Å²) in [6.07, 6.45) is 6.91. The number of nitrogens with zero attached hydrogens (tertiary/aromatic N) is 2. The Balaban J connectivity index is 2.37. The Kier molecular flexibility index (Phi) is 9.73. The standard InChI is InChI=1S/C28H36FN3/c1-7-13-32(14-8-2)19-26-20(4)15-24(16-27(26)29)25-11-10-12-28(22(25)6)31-18-21(5)23(9-3)17-30/h9-12,15-18,30H,5,7-8,13-14,19H2,1-4,6H3/b23-9+,30-17?,31-18?. The highest BCUT2D eigenvalue weighted by molar-refractivity contribution is 5.97. The van der Waals surface area contributed by atoms with Gasteiger partial charge in [-0.15, -0.1) is 0 Å². The second-order valence-corrected chi connectivity index (χ2v) is 8.15. The van der Waals surface area contributed by atoms with E-state index in [0.29, 0.717) is 12.1 Å². The van der Waals surface area contributed by atoms with Gasteiger partial charge in [0.2, 0.25) is 0 Å². The van der Waals surface area contributed by atoms with Crippen LogP contribution in [-0.2, 0) is 6.54 Å². The SMILES string of the molecule is C=C(C=Nc1cccc(-c2cc(C)c(CN(CCC)CCC)c(F)c2)c1C)/C(C=N)=C/C. The first-order valence-electron chi connectivity index (χ1n) is 11.4. The lowest BCUT2D eigenvalue weighted by Gasteiger charge is -2.23. The molecule has 3 nitrogen and oxygen atoms in total. The average molecular weight is 434 g/mol. The van der Waals surface area contributed by atoms with Crippen molar-refractivity contribution in [1.29, 1.82) is 5.41 Å². The molecule has 0 spiro atoms. The van der Waals surface area contributed by atoms with E-state index in [1.165, 1.54) is 6.21 Å². The Bertz CT molecular complexity index is 988. The second-order valence-electron chi connectivity index (χ2n) is 8.15. The van der Waals surface area contributed by atoms with E-state index >= 15 is 4.39 Å². The van der Waals surface area contributed by atoms with Gasteiger partial charge in [-0.25, -0.2) is 4.39 Å². The molecule has 0 bridgehead atoms. The monoisotopic (exact) mass is 433 g/mol. The van der Waals surface area contributed by atoms with Crippen LogP contribution in [0.1, 0.15) is 50.3 Å². The number of allylic oxidation sites excluding steroid dienone is 3. The van der Waals surface area contributed by atoms with Crippen molar-refractivity contribution in [2.45, 2.75) is 54.0 Å². The third kappa shape index (κ3) is 6.33. The van der Waals surface area contributed by atoms with Gasteiger partial charge in [0.1, 0.15) is 5.82 Å². The molecule has 0 unspecified atom stereocenters. The summed E-state index contributed by atoms with van der Waals surface area (Å²) in [6, 6.07) is 9.62. The van der Waals surface area contributed by atoms with Crippen LogP contribution < -0.4 is 0 Å². The van der Waals surface area contributed by atoms with Crippen molar-refractivity contribution in [3.63, 3.8) is 0 Å². The Morgan fingerprint density at radius 2 is 1.84 bits per heavy atom. The van der Waals surface area contributed by atoms with Crippen LogP contribution in [0, 0.1) is 25.1 Å². The van der Waals surface area contributed by atoms with Crippen molar-refractivity contribution >= 4 is 18.1 Å². The molecule has 2 aromatic carbocycles. The molecule has 0 amide bonds. The molecule has 0 aliphatic heterocycles. The van der Waals surface area contributed by atoms with Gasteiger partial charge in [-0.05, 0) is 92.2 Å². The van der Waals surface area contributed by atoms with Crippen molar-refractivity contribution in [2.75, 3.05) is 13.1 Å². The molecule has 0 radical (unpaired) electrons. The van der Waals surface area contributed by atoms with Crippen LogP contribution in [0.25, 0.3) is 11.1 Å². The van der Waals surface area contributed by atoms with Crippen molar-refractivity contribution < 1.29 is 4.39 Å². The zero-order chi connectivity index (χ0) is 23.7. The Morgan fingerprint density at radius 3 is 2.41 bits per heavy atom. The molecule has 0 atom stereocenters. The largest absolute Gasteiger partial charge is 0.308 e. The van der Waals surface area contributed by atoms with Crippen LogP contribution in [0.2, 0.25) is 0 Å². The van der Waals surface area contributed by atoms with E-state index in [1.54, 1.807) is 12.3 Å². The second kappa shape index (κ2) is 12.3. The summed E-state index contributed by atoms with van der Waals surface area (Å²) in [5.74, 6) is -0.150. The first kappa shape index (κ1) is 25.4. The minimum Gasteiger partial charge on any atom is -0.308 e. The number of hydrogen-bond acceptors (Lipinski definition) is 3. The molecule has 2 aromatic rings. The predicted molar refractivity (Wildman–Crippen MR) is 137 cm³/mol. The maximum absolute atomic E-state index is 15.2. The molecule has 0 fully saturated rings. The number of halogens is 1. The molecule has 0 aliphatic carbocycles. The zero-order valence-electron chi connectivity index (χ0n) is 20.1. The van der Waals surface area contributed by atoms with E-state index in [2.05, 4.69) is 36.4 Å². The summed E-state index contributed by atoms with van der Waals surface area (Å²) in [7, 11) is 0. The van der Waals surface area contributed by atoms with Gasteiger partial charge in [-0.1, -0.05) is 44.7 Å². The molecule has 170 valence electrons. The van der Waals surface area contributed by atoms with Gasteiger partial charge < -0.3 is 5.41 Å². The minimum absolute atomic E-state index is 0.150. The average Bonchev–Trinajstić information content (AvgIpc) is 2.76. The molecule has 4 heteroatoms. The fourth-order valence-corrected chi connectivity index (χ4v) is 3.92. The summed E-state index contributed by atoms with van der Waals surface area (Å²) >= 11 is 0. The molecule has 2 rings (SSSR count). The molecule has 1 N–H and O–H groups in total. The number of aryl methyl sites for hydroxylation is 1. The minimum atomic E-state index is -0.150. The van der Waals surface area contributed by atoms with Gasteiger partial charge in [0.05, 0.1) is 5.69 Å². The van der Waals surface area contributed by atoms with Crippen LogP contribution in [-0.4, -0.2) is 30.4 Å².